The number of piperidine rings is 1. The molecule has 1 saturated heterocycles. The Kier molecular flexibility index (Phi) is 5.89. The zero-order chi connectivity index (χ0) is 18.5. The molecule has 4 nitrogen and oxygen atoms in total. The molecule has 2 aromatic rings. The largest absolute Gasteiger partial charge is 0.349 e. The second-order valence-electron chi connectivity index (χ2n) is 6.41. The Labute approximate surface area is 157 Å². The molecular formula is C20H20ClFN2O2. The summed E-state index contributed by atoms with van der Waals surface area (Å²) >= 11 is 5.86. The molecule has 6 heteroatoms. The lowest BCUT2D eigenvalue weighted by Crippen LogP contribution is -2.47. The van der Waals surface area contributed by atoms with Gasteiger partial charge in [0.05, 0.1) is 12.0 Å². The van der Waals surface area contributed by atoms with E-state index in [9.17, 15) is 14.0 Å². The van der Waals surface area contributed by atoms with Gasteiger partial charge in [0.2, 0.25) is 5.91 Å². The Hall–Kier alpha value is -2.40. The number of amides is 2. The predicted molar refractivity (Wildman–Crippen MR) is 98.6 cm³/mol. The minimum Gasteiger partial charge on any atom is -0.349 e. The van der Waals surface area contributed by atoms with Crippen LogP contribution in [0.25, 0.3) is 0 Å². The van der Waals surface area contributed by atoms with E-state index in [4.69, 9.17) is 11.6 Å². The van der Waals surface area contributed by atoms with Crippen molar-refractivity contribution in [2.45, 2.75) is 25.3 Å². The predicted octanol–water partition coefficient (Wildman–Crippen LogP) is 3.44. The summed E-state index contributed by atoms with van der Waals surface area (Å²) in [5, 5.41) is 3.51. The van der Waals surface area contributed by atoms with Crippen LogP contribution in [0.4, 0.5) is 4.39 Å². The van der Waals surface area contributed by atoms with E-state index < -0.39 is 11.7 Å². The van der Waals surface area contributed by atoms with Gasteiger partial charge in [-0.1, -0.05) is 35.9 Å². The molecule has 0 atom stereocenters. The zero-order valence-electron chi connectivity index (χ0n) is 14.3. The van der Waals surface area contributed by atoms with Crippen molar-refractivity contribution in [1.82, 2.24) is 10.2 Å². The van der Waals surface area contributed by atoms with Gasteiger partial charge in [-0.2, -0.15) is 0 Å². The molecule has 2 aromatic carbocycles. The van der Waals surface area contributed by atoms with Gasteiger partial charge in [0.25, 0.3) is 5.91 Å². The molecule has 1 aliphatic heterocycles. The summed E-state index contributed by atoms with van der Waals surface area (Å²) in [7, 11) is 0. The van der Waals surface area contributed by atoms with E-state index in [-0.39, 0.29) is 17.5 Å². The number of hydrogen-bond acceptors (Lipinski definition) is 2. The molecule has 136 valence electrons. The number of halogens is 2. The van der Waals surface area contributed by atoms with Crippen LogP contribution in [0.5, 0.6) is 0 Å². The molecule has 26 heavy (non-hydrogen) atoms. The van der Waals surface area contributed by atoms with Crippen LogP contribution in [0.15, 0.2) is 48.5 Å². The molecule has 2 amide bonds. The summed E-state index contributed by atoms with van der Waals surface area (Å²) in [6, 6.07) is 13.1. The summed E-state index contributed by atoms with van der Waals surface area (Å²) in [6.07, 6.45) is 1.66. The Morgan fingerprint density at radius 2 is 1.73 bits per heavy atom. The molecule has 0 aromatic heterocycles. The lowest BCUT2D eigenvalue weighted by molar-refractivity contribution is -0.131. The number of nitrogens with one attached hydrogen (secondary N) is 1. The smallest absolute Gasteiger partial charge is 0.254 e. The van der Waals surface area contributed by atoms with E-state index >= 15 is 0 Å². The van der Waals surface area contributed by atoms with E-state index in [2.05, 4.69) is 5.32 Å². The molecule has 1 heterocycles. The average Bonchev–Trinajstić information content (AvgIpc) is 2.64. The zero-order valence-corrected chi connectivity index (χ0v) is 15.0. The summed E-state index contributed by atoms with van der Waals surface area (Å²) in [6.45, 7) is 1.16. The molecule has 1 fully saturated rings. The van der Waals surface area contributed by atoms with Crippen LogP contribution < -0.4 is 5.32 Å². The van der Waals surface area contributed by atoms with Crippen molar-refractivity contribution in [2.75, 3.05) is 13.1 Å². The molecule has 1 N–H and O–H groups in total. The van der Waals surface area contributed by atoms with Gasteiger partial charge < -0.3 is 10.2 Å². The van der Waals surface area contributed by atoms with Gasteiger partial charge in [0.15, 0.2) is 0 Å². The standard InChI is InChI=1S/C20H20ClFN2O2/c21-15-7-5-14(6-8-15)13-19(25)24-11-9-16(10-12-24)23-20(26)17-3-1-2-4-18(17)22/h1-8,16H,9-13H2,(H,23,26). The van der Waals surface area contributed by atoms with Crippen LogP contribution in [-0.4, -0.2) is 35.8 Å². The topological polar surface area (TPSA) is 49.4 Å². The van der Waals surface area contributed by atoms with Crippen molar-refractivity contribution in [3.8, 4) is 0 Å². The van der Waals surface area contributed by atoms with Crippen LogP contribution in [-0.2, 0) is 11.2 Å². The third-order valence-corrected chi connectivity index (χ3v) is 4.82. The van der Waals surface area contributed by atoms with E-state index in [1.54, 1.807) is 29.2 Å². The van der Waals surface area contributed by atoms with Crippen molar-refractivity contribution < 1.29 is 14.0 Å². The van der Waals surface area contributed by atoms with Crippen molar-refractivity contribution >= 4 is 23.4 Å². The highest BCUT2D eigenvalue weighted by atomic mass is 35.5. The minimum atomic E-state index is -0.527. The summed E-state index contributed by atoms with van der Waals surface area (Å²) in [5.74, 6) is -0.874. The molecule has 0 radical (unpaired) electrons. The SMILES string of the molecule is O=C(NC1CCN(C(=O)Cc2ccc(Cl)cc2)CC1)c1ccccc1F. The highest BCUT2D eigenvalue weighted by molar-refractivity contribution is 6.30. The molecule has 0 saturated carbocycles. The first-order valence-electron chi connectivity index (χ1n) is 8.60. The number of nitrogens with zero attached hydrogens (tertiary/aromatic N) is 1. The van der Waals surface area contributed by atoms with Gasteiger partial charge in [0, 0.05) is 24.2 Å². The number of rotatable bonds is 4. The van der Waals surface area contributed by atoms with E-state index in [1.165, 1.54) is 12.1 Å². The van der Waals surface area contributed by atoms with Crippen LogP contribution in [0.3, 0.4) is 0 Å². The number of hydrogen-bond donors (Lipinski definition) is 1. The molecule has 0 spiro atoms. The average molecular weight is 375 g/mol. The lowest BCUT2D eigenvalue weighted by Gasteiger charge is -2.32. The van der Waals surface area contributed by atoms with Crippen molar-refractivity contribution in [1.29, 1.82) is 0 Å². The molecule has 0 unspecified atom stereocenters. The molecule has 0 aliphatic carbocycles. The van der Waals surface area contributed by atoms with Gasteiger partial charge in [0.1, 0.15) is 5.82 Å². The maximum absolute atomic E-state index is 13.7. The Balaban J connectivity index is 1.49. The third kappa shape index (κ3) is 4.61. The molecule has 3 rings (SSSR count). The van der Waals surface area contributed by atoms with Crippen molar-refractivity contribution in [2.24, 2.45) is 0 Å². The second-order valence-corrected chi connectivity index (χ2v) is 6.85. The minimum absolute atomic E-state index is 0.0498. The van der Waals surface area contributed by atoms with Gasteiger partial charge in [-0.15, -0.1) is 0 Å². The van der Waals surface area contributed by atoms with Gasteiger partial charge in [-0.3, -0.25) is 9.59 Å². The molecular weight excluding hydrogens is 355 g/mol. The maximum atomic E-state index is 13.7. The fraction of sp³-hybridized carbons (Fsp3) is 0.300. The number of carbonyl (C=O) groups excluding carboxylic acids is 2. The van der Waals surface area contributed by atoms with Gasteiger partial charge >= 0.3 is 0 Å². The first-order chi connectivity index (χ1) is 12.5. The first kappa shape index (κ1) is 18.4. The van der Waals surface area contributed by atoms with Gasteiger partial charge in [-0.25, -0.2) is 4.39 Å². The summed E-state index contributed by atoms with van der Waals surface area (Å²) < 4.78 is 13.7. The third-order valence-electron chi connectivity index (χ3n) is 4.57. The monoisotopic (exact) mass is 374 g/mol. The number of likely N-dealkylation sites (tertiary alicyclic amines) is 1. The van der Waals surface area contributed by atoms with Crippen molar-refractivity contribution in [3.63, 3.8) is 0 Å². The second kappa shape index (κ2) is 8.32. The normalized spacial score (nSPS) is 14.9. The van der Waals surface area contributed by atoms with Crippen molar-refractivity contribution in [3.05, 3.63) is 70.5 Å². The van der Waals surface area contributed by atoms with E-state index in [0.29, 0.717) is 37.4 Å². The number of carbonyl (C=O) groups is 2. The van der Waals surface area contributed by atoms with Gasteiger partial charge in [-0.05, 0) is 42.7 Å². The highest BCUT2D eigenvalue weighted by Gasteiger charge is 2.24. The lowest BCUT2D eigenvalue weighted by atomic mass is 10.0. The van der Waals surface area contributed by atoms with Crippen LogP contribution >= 0.6 is 11.6 Å². The fourth-order valence-electron chi connectivity index (χ4n) is 3.07. The summed E-state index contributed by atoms with van der Waals surface area (Å²) in [4.78, 5) is 26.4. The van der Waals surface area contributed by atoms with E-state index in [1.807, 2.05) is 12.1 Å². The van der Waals surface area contributed by atoms with Crippen LogP contribution in [0.2, 0.25) is 5.02 Å². The Bertz CT molecular complexity index is 787. The van der Waals surface area contributed by atoms with E-state index in [0.717, 1.165) is 5.56 Å². The molecule has 1 aliphatic rings. The fourth-order valence-corrected chi connectivity index (χ4v) is 3.20. The first-order valence-corrected chi connectivity index (χ1v) is 8.98. The van der Waals surface area contributed by atoms with Crippen LogP contribution in [0, 0.1) is 5.82 Å². The highest BCUT2D eigenvalue weighted by Crippen LogP contribution is 2.15. The Morgan fingerprint density at radius 1 is 1.08 bits per heavy atom. The summed E-state index contributed by atoms with van der Waals surface area (Å²) in [5.41, 5.74) is 0.975. The quantitative estimate of drug-likeness (QED) is 0.891. The Morgan fingerprint density at radius 3 is 2.38 bits per heavy atom. The number of benzene rings is 2. The molecule has 0 bridgehead atoms. The maximum Gasteiger partial charge on any atom is 0.254 e. The van der Waals surface area contributed by atoms with Crippen LogP contribution in [0.1, 0.15) is 28.8 Å².